The second kappa shape index (κ2) is 8.07. The Labute approximate surface area is 158 Å². The zero-order valence-corrected chi connectivity index (χ0v) is 15.7. The SMILES string of the molecule is CCCCCNc1nc(N)nc2ccn(Cc3cc(C(=O)O)ccc3C)c12. The number of aryl methyl sites for hydroxylation is 1. The predicted octanol–water partition coefficient (Wildman–Crippen LogP) is 3.67. The van der Waals surface area contributed by atoms with E-state index in [0.29, 0.717) is 12.4 Å². The number of aromatic nitrogens is 3. The van der Waals surface area contributed by atoms with E-state index in [-0.39, 0.29) is 11.5 Å². The molecule has 7 nitrogen and oxygen atoms in total. The Bertz CT molecular complexity index is 964. The van der Waals surface area contributed by atoms with Gasteiger partial charge in [0.05, 0.1) is 11.1 Å². The summed E-state index contributed by atoms with van der Waals surface area (Å²) in [7, 11) is 0. The molecule has 3 aromatic rings. The minimum Gasteiger partial charge on any atom is -0.478 e. The molecule has 0 aliphatic carbocycles. The van der Waals surface area contributed by atoms with Crippen LogP contribution >= 0.6 is 0 Å². The smallest absolute Gasteiger partial charge is 0.335 e. The Morgan fingerprint density at radius 1 is 1.26 bits per heavy atom. The number of carboxylic acid groups (broad SMARTS) is 1. The number of unbranched alkanes of at least 4 members (excludes halogenated alkanes) is 2. The third-order valence-electron chi connectivity index (χ3n) is 4.64. The summed E-state index contributed by atoms with van der Waals surface area (Å²) in [5.74, 6) is 0.0240. The Balaban J connectivity index is 1.95. The van der Waals surface area contributed by atoms with E-state index < -0.39 is 5.97 Å². The third kappa shape index (κ3) is 4.19. The molecule has 0 bridgehead atoms. The van der Waals surface area contributed by atoms with Crippen molar-refractivity contribution < 1.29 is 9.90 Å². The summed E-state index contributed by atoms with van der Waals surface area (Å²) >= 11 is 0. The summed E-state index contributed by atoms with van der Waals surface area (Å²) in [6, 6.07) is 7.08. The van der Waals surface area contributed by atoms with Gasteiger partial charge in [0.15, 0.2) is 5.82 Å². The fourth-order valence-corrected chi connectivity index (χ4v) is 3.12. The van der Waals surface area contributed by atoms with Gasteiger partial charge in [0, 0.05) is 19.3 Å². The largest absolute Gasteiger partial charge is 0.478 e. The van der Waals surface area contributed by atoms with Crippen LogP contribution in [0.3, 0.4) is 0 Å². The van der Waals surface area contributed by atoms with E-state index in [4.69, 9.17) is 5.73 Å². The molecular formula is C20H25N5O2. The van der Waals surface area contributed by atoms with Crippen molar-refractivity contribution in [2.45, 2.75) is 39.7 Å². The molecule has 0 aliphatic rings. The maximum absolute atomic E-state index is 11.3. The summed E-state index contributed by atoms with van der Waals surface area (Å²) < 4.78 is 2.03. The van der Waals surface area contributed by atoms with Gasteiger partial charge in [-0.3, -0.25) is 0 Å². The van der Waals surface area contributed by atoms with Gasteiger partial charge in [0.25, 0.3) is 0 Å². The van der Waals surface area contributed by atoms with Crippen LogP contribution in [0.5, 0.6) is 0 Å². The van der Waals surface area contributed by atoms with Crippen LogP contribution in [0.2, 0.25) is 0 Å². The van der Waals surface area contributed by atoms with Crippen LogP contribution in [0.15, 0.2) is 30.5 Å². The molecule has 0 saturated carbocycles. The average molecular weight is 367 g/mol. The number of nitrogen functional groups attached to an aromatic ring is 1. The summed E-state index contributed by atoms with van der Waals surface area (Å²) in [5, 5.41) is 12.6. The van der Waals surface area contributed by atoms with Crippen molar-refractivity contribution in [2.24, 2.45) is 0 Å². The van der Waals surface area contributed by atoms with Gasteiger partial charge >= 0.3 is 5.97 Å². The number of anilines is 2. The number of hydrogen-bond donors (Lipinski definition) is 3. The molecule has 0 fully saturated rings. The van der Waals surface area contributed by atoms with Crippen molar-refractivity contribution in [3.63, 3.8) is 0 Å². The number of aromatic carboxylic acids is 1. The van der Waals surface area contributed by atoms with Crippen LogP contribution < -0.4 is 11.1 Å². The molecule has 27 heavy (non-hydrogen) atoms. The van der Waals surface area contributed by atoms with E-state index >= 15 is 0 Å². The first kappa shape index (κ1) is 18.7. The Hall–Kier alpha value is -3.09. The van der Waals surface area contributed by atoms with Crippen molar-refractivity contribution in [3.8, 4) is 0 Å². The second-order valence-corrected chi connectivity index (χ2v) is 6.69. The zero-order chi connectivity index (χ0) is 19.4. The number of fused-ring (bicyclic) bond motifs is 1. The monoisotopic (exact) mass is 367 g/mol. The Kier molecular flexibility index (Phi) is 5.59. The first-order chi connectivity index (χ1) is 13.0. The lowest BCUT2D eigenvalue weighted by atomic mass is 10.0. The topological polar surface area (TPSA) is 106 Å². The van der Waals surface area contributed by atoms with Gasteiger partial charge in [0.1, 0.15) is 5.52 Å². The van der Waals surface area contributed by atoms with Gasteiger partial charge in [-0.1, -0.05) is 25.8 Å². The standard InChI is InChI=1S/C20H25N5O2/c1-3-4-5-9-22-18-17-16(23-20(21)24-18)8-10-25(17)12-15-11-14(19(26)27)7-6-13(15)2/h6-8,10-11H,3-5,9,12H2,1-2H3,(H,26,27)(H3,21,22,23,24). The number of carboxylic acids is 1. The number of carbonyl (C=O) groups is 1. The van der Waals surface area contributed by atoms with Gasteiger partial charge in [-0.2, -0.15) is 4.98 Å². The molecule has 3 rings (SSSR count). The molecule has 0 saturated heterocycles. The van der Waals surface area contributed by atoms with Gasteiger partial charge in [0.2, 0.25) is 5.95 Å². The fourth-order valence-electron chi connectivity index (χ4n) is 3.12. The number of nitrogens with one attached hydrogen (secondary N) is 1. The molecule has 1 aromatic carbocycles. The number of nitrogens with two attached hydrogens (primary N) is 1. The molecule has 2 aromatic heterocycles. The summed E-state index contributed by atoms with van der Waals surface area (Å²) in [6.45, 7) is 5.50. The van der Waals surface area contributed by atoms with Gasteiger partial charge in [-0.25, -0.2) is 9.78 Å². The van der Waals surface area contributed by atoms with E-state index in [9.17, 15) is 9.90 Å². The Morgan fingerprint density at radius 2 is 2.07 bits per heavy atom. The van der Waals surface area contributed by atoms with E-state index in [1.807, 2.05) is 29.8 Å². The van der Waals surface area contributed by atoms with Crippen molar-refractivity contribution in [2.75, 3.05) is 17.6 Å². The molecule has 0 amide bonds. The van der Waals surface area contributed by atoms with Gasteiger partial charge in [-0.05, 0) is 42.7 Å². The molecule has 142 valence electrons. The lowest BCUT2D eigenvalue weighted by molar-refractivity contribution is 0.0696. The highest BCUT2D eigenvalue weighted by Crippen LogP contribution is 2.24. The van der Waals surface area contributed by atoms with E-state index in [1.54, 1.807) is 12.1 Å². The summed E-state index contributed by atoms with van der Waals surface area (Å²) in [6.07, 6.45) is 5.29. The number of hydrogen-bond acceptors (Lipinski definition) is 5. The van der Waals surface area contributed by atoms with Crippen molar-refractivity contribution in [1.82, 2.24) is 14.5 Å². The van der Waals surface area contributed by atoms with Crippen LogP contribution in [0.25, 0.3) is 11.0 Å². The minimum atomic E-state index is -0.928. The van der Waals surface area contributed by atoms with Crippen molar-refractivity contribution in [1.29, 1.82) is 0 Å². The molecule has 0 atom stereocenters. The fraction of sp³-hybridized carbons (Fsp3) is 0.350. The first-order valence-corrected chi connectivity index (χ1v) is 9.18. The molecule has 0 aliphatic heterocycles. The lowest BCUT2D eigenvalue weighted by Gasteiger charge is -2.13. The molecule has 0 spiro atoms. The van der Waals surface area contributed by atoms with Gasteiger partial charge in [-0.15, -0.1) is 0 Å². The maximum Gasteiger partial charge on any atom is 0.335 e. The van der Waals surface area contributed by atoms with E-state index in [2.05, 4.69) is 22.2 Å². The Morgan fingerprint density at radius 3 is 2.81 bits per heavy atom. The van der Waals surface area contributed by atoms with Crippen LogP contribution in [-0.4, -0.2) is 32.2 Å². The first-order valence-electron chi connectivity index (χ1n) is 9.18. The van der Waals surface area contributed by atoms with E-state index in [1.165, 1.54) is 0 Å². The van der Waals surface area contributed by atoms with Crippen molar-refractivity contribution in [3.05, 3.63) is 47.2 Å². The number of rotatable bonds is 8. The molecule has 0 unspecified atom stereocenters. The lowest BCUT2D eigenvalue weighted by Crippen LogP contribution is -2.10. The molecule has 7 heteroatoms. The number of nitrogens with zero attached hydrogens (tertiary/aromatic N) is 3. The van der Waals surface area contributed by atoms with Crippen molar-refractivity contribution >= 4 is 28.8 Å². The molecular weight excluding hydrogens is 342 g/mol. The quantitative estimate of drug-likeness (QED) is 0.525. The molecule has 2 heterocycles. The maximum atomic E-state index is 11.3. The highest BCUT2D eigenvalue weighted by molar-refractivity contribution is 5.88. The second-order valence-electron chi connectivity index (χ2n) is 6.69. The number of benzene rings is 1. The third-order valence-corrected chi connectivity index (χ3v) is 4.64. The van der Waals surface area contributed by atoms with Gasteiger partial charge < -0.3 is 20.7 Å². The molecule has 0 radical (unpaired) electrons. The predicted molar refractivity (Wildman–Crippen MR) is 107 cm³/mol. The van der Waals surface area contributed by atoms with Crippen LogP contribution in [0.4, 0.5) is 11.8 Å². The van der Waals surface area contributed by atoms with Crippen LogP contribution in [-0.2, 0) is 6.54 Å². The minimum absolute atomic E-state index is 0.238. The summed E-state index contributed by atoms with van der Waals surface area (Å²) in [4.78, 5) is 20.0. The average Bonchev–Trinajstić information content (AvgIpc) is 3.03. The van der Waals surface area contributed by atoms with Crippen LogP contribution in [0, 0.1) is 6.92 Å². The summed E-state index contributed by atoms with van der Waals surface area (Å²) in [5.41, 5.74) is 9.77. The normalized spacial score (nSPS) is 11.0. The van der Waals surface area contributed by atoms with E-state index in [0.717, 1.165) is 48.0 Å². The van der Waals surface area contributed by atoms with Crippen LogP contribution in [0.1, 0.15) is 47.7 Å². The highest BCUT2D eigenvalue weighted by atomic mass is 16.4. The highest BCUT2D eigenvalue weighted by Gasteiger charge is 2.13. The molecule has 4 N–H and O–H groups in total. The zero-order valence-electron chi connectivity index (χ0n) is 15.7.